The van der Waals surface area contributed by atoms with Crippen molar-refractivity contribution in [3.63, 3.8) is 0 Å². The highest BCUT2D eigenvalue weighted by Crippen LogP contribution is 2.09. The Morgan fingerprint density at radius 3 is 2.32 bits per heavy atom. The predicted octanol–water partition coefficient (Wildman–Crippen LogP) is 0.0984. The van der Waals surface area contributed by atoms with Crippen LogP contribution in [-0.4, -0.2) is 72.0 Å². The first-order chi connectivity index (χ1) is 13.6. The molecule has 2 aromatic rings. The van der Waals surface area contributed by atoms with Crippen molar-refractivity contribution >= 4 is 23.7 Å². The molecule has 0 unspecified atom stereocenters. The van der Waals surface area contributed by atoms with Crippen LogP contribution in [0.1, 0.15) is 10.4 Å². The zero-order valence-electron chi connectivity index (χ0n) is 15.3. The smallest absolute Gasteiger partial charge is 0.325 e. The molecule has 0 aliphatic carbocycles. The molecule has 3 rings (SSSR count). The summed E-state index contributed by atoms with van der Waals surface area (Å²) in [5, 5.41) is 2.47. The van der Waals surface area contributed by atoms with E-state index in [4.69, 9.17) is 4.74 Å². The molecular weight excluding hydrogens is 362 g/mol. The topological polar surface area (TPSA) is 105 Å². The third-order valence-corrected chi connectivity index (χ3v) is 4.25. The minimum Gasteiger partial charge on any atom is -0.454 e. The lowest BCUT2D eigenvalue weighted by molar-refractivity contribution is -0.151. The average molecular weight is 383 g/mol. The van der Waals surface area contributed by atoms with E-state index in [1.165, 1.54) is 0 Å². The molecule has 9 nitrogen and oxygen atoms in total. The minimum atomic E-state index is -0.658. The Labute approximate surface area is 162 Å². The number of hydrogen-bond acceptors (Lipinski definition) is 7. The van der Waals surface area contributed by atoms with Gasteiger partial charge in [0.05, 0.1) is 0 Å². The van der Waals surface area contributed by atoms with Gasteiger partial charge in [0.1, 0.15) is 6.54 Å². The van der Waals surface area contributed by atoms with Gasteiger partial charge in [0, 0.05) is 44.1 Å². The Bertz CT molecular complexity index is 808. The van der Waals surface area contributed by atoms with Crippen molar-refractivity contribution in [3.05, 3.63) is 54.4 Å². The molecule has 1 aromatic carbocycles. The SMILES string of the molecule is O=C(CNC(=O)c1ccccc1)OCC(=O)N1CCN(c2ncccn2)CC1. The summed E-state index contributed by atoms with van der Waals surface area (Å²) in [7, 11) is 0. The fourth-order valence-corrected chi connectivity index (χ4v) is 2.74. The average Bonchev–Trinajstić information content (AvgIpc) is 2.77. The standard InChI is InChI=1S/C19H21N5O4/c25-16(23-9-11-24(12-10-23)19-20-7-4-8-21-19)14-28-17(26)13-22-18(27)15-5-2-1-3-6-15/h1-8H,9-14H2,(H,22,27). The summed E-state index contributed by atoms with van der Waals surface area (Å²) in [4.78, 5) is 47.9. The van der Waals surface area contributed by atoms with Crippen LogP contribution in [0.15, 0.2) is 48.8 Å². The molecule has 0 radical (unpaired) electrons. The summed E-state index contributed by atoms with van der Waals surface area (Å²) in [6.45, 7) is 1.58. The number of carbonyl (C=O) groups excluding carboxylic acids is 3. The van der Waals surface area contributed by atoms with Crippen LogP contribution >= 0.6 is 0 Å². The van der Waals surface area contributed by atoms with Crippen LogP contribution in [0.25, 0.3) is 0 Å². The summed E-state index contributed by atoms with van der Waals surface area (Å²) in [5.74, 6) is -0.663. The lowest BCUT2D eigenvalue weighted by atomic mass is 10.2. The third kappa shape index (κ3) is 5.26. The van der Waals surface area contributed by atoms with Crippen LogP contribution in [0.3, 0.4) is 0 Å². The number of anilines is 1. The van der Waals surface area contributed by atoms with E-state index < -0.39 is 5.97 Å². The number of amides is 2. The van der Waals surface area contributed by atoms with Crippen molar-refractivity contribution in [1.29, 1.82) is 0 Å². The van der Waals surface area contributed by atoms with Gasteiger partial charge in [0.15, 0.2) is 6.61 Å². The van der Waals surface area contributed by atoms with E-state index in [1.807, 2.05) is 4.90 Å². The Kier molecular flexibility index (Phi) is 6.50. The van der Waals surface area contributed by atoms with E-state index in [0.29, 0.717) is 37.7 Å². The first-order valence-corrected chi connectivity index (χ1v) is 8.92. The number of hydrogen-bond donors (Lipinski definition) is 1. The number of nitrogens with one attached hydrogen (secondary N) is 1. The first kappa shape index (κ1) is 19.3. The molecule has 0 atom stereocenters. The van der Waals surface area contributed by atoms with Gasteiger partial charge in [-0.15, -0.1) is 0 Å². The summed E-state index contributed by atoms with van der Waals surface area (Å²) >= 11 is 0. The van der Waals surface area contributed by atoms with Crippen LogP contribution in [0, 0.1) is 0 Å². The van der Waals surface area contributed by atoms with Crippen molar-refractivity contribution < 1.29 is 19.1 Å². The Morgan fingerprint density at radius 1 is 0.964 bits per heavy atom. The molecule has 1 N–H and O–H groups in total. The van der Waals surface area contributed by atoms with E-state index in [-0.39, 0.29) is 25.0 Å². The van der Waals surface area contributed by atoms with E-state index in [2.05, 4.69) is 15.3 Å². The Morgan fingerprint density at radius 2 is 1.64 bits per heavy atom. The maximum atomic E-state index is 12.2. The van der Waals surface area contributed by atoms with E-state index >= 15 is 0 Å². The van der Waals surface area contributed by atoms with Crippen molar-refractivity contribution in [1.82, 2.24) is 20.2 Å². The number of piperazine rings is 1. The van der Waals surface area contributed by atoms with Gasteiger partial charge in [0.2, 0.25) is 5.95 Å². The highest BCUT2D eigenvalue weighted by Gasteiger charge is 2.23. The van der Waals surface area contributed by atoms with E-state index in [0.717, 1.165) is 0 Å². The molecule has 1 aliphatic rings. The van der Waals surface area contributed by atoms with Gasteiger partial charge in [-0.2, -0.15) is 0 Å². The normalized spacial score (nSPS) is 13.7. The molecule has 1 fully saturated rings. The molecule has 9 heteroatoms. The number of rotatable bonds is 6. The molecule has 2 heterocycles. The second kappa shape index (κ2) is 9.45. The van der Waals surface area contributed by atoms with Crippen LogP contribution in [0.4, 0.5) is 5.95 Å². The monoisotopic (exact) mass is 383 g/mol. The van der Waals surface area contributed by atoms with Crippen LogP contribution in [0.5, 0.6) is 0 Å². The molecule has 0 saturated carbocycles. The van der Waals surface area contributed by atoms with Crippen LogP contribution in [-0.2, 0) is 14.3 Å². The Balaban J connectivity index is 1.36. The molecule has 28 heavy (non-hydrogen) atoms. The summed E-state index contributed by atoms with van der Waals surface area (Å²) in [5.41, 5.74) is 0.451. The number of aromatic nitrogens is 2. The number of nitrogens with zero attached hydrogens (tertiary/aromatic N) is 4. The number of carbonyl (C=O) groups is 3. The number of ether oxygens (including phenoxy) is 1. The quantitative estimate of drug-likeness (QED) is 0.705. The molecule has 1 aliphatic heterocycles. The van der Waals surface area contributed by atoms with Gasteiger partial charge in [-0.3, -0.25) is 14.4 Å². The lowest BCUT2D eigenvalue weighted by Crippen LogP contribution is -2.50. The fraction of sp³-hybridized carbons (Fsp3) is 0.316. The van der Waals surface area contributed by atoms with Gasteiger partial charge in [-0.1, -0.05) is 18.2 Å². The van der Waals surface area contributed by atoms with Crippen LogP contribution < -0.4 is 10.2 Å². The van der Waals surface area contributed by atoms with Crippen molar-refractivity contribution in [2.75, 3.05) is 44.2 Å². The van der Waals surface area contributed by atoms with Gasteiger partial charge >= 0.3 is 5.97 Å². The highest BCUT2D eigenvalue weighted by atomic mass is 16.5. The molecule has 1 aromatic heterocycles. The molecule has 1 saturated heterocycles. The van der Waals surface area contributed by atoms with Gasteiger partial charge in [-0.25, -0.2) is 9.97 Å². The van der Waals surface area contributed by atoms with Crippen molar-refractivity contribution in [2.45, 2.75) is 0 Å². The number of benzene rings is 1. The summed E-state index contributed by atoms with van der Waals surface area (Å²) in [6, 6.07) is 10.3. The number of esters is 1. The van der Waals surface area contributed by atoms with Gasteiger partial charge in [0.25, 0.3) is 11.8 Å². The van der Waals surface area contributed by atoms with Crippen molar-refractivity contribution in [3.8, 4) is 0 Å². The molecule has 2 amide bonds. The van der Waals surface area contributed by atoms with E-state index in [1.54, 1.807) is 53.7 Å². The molecule has 0 spiro atoms. The molecular formula is C19H21N5O4. The Hall–Kier alpha value is -3.49. The third-order valence-electron chi connectivity index (χ3n) is 4.25. The second-order valence-corrected chi connectivity index (χ2v) is 6.13. The fourth-order valence-electron chi connectivity index (χ4n) is 2.74. The van der Waals surface area contributed by atoms with E-state index in [9.17, 15) is 14.4 Å². The highest BCUT2D eigenvalue weighted by molar-refractivity contribution is 5.96. The zero-order chi connectivity index (χ0) is 19.8. The lowest BCUT2D eigenvalue weighted by Gasteiger charge is -2.34. The van der Waals surface area contributed by atoms with Gasteiger partial charge in [-0.05, 0) is 18.2 Å². The van der Waals surface area contributed by atoms with Crippen molar-refractivity contribution in [2.24, 2.45) is 0 Å². The van der Waals surface area contributed by atoms with Crippen LogP contribution in [0.2, 0.25) is 0 Å². The maximum absolute atomic E-state index is 12.2. The first-order valence-electron chi connectivity index (χ1n) is 8.92. The predicted molar refractivity (Wildman–Crippen MR) is 101 cm³/mol. The van der Waals surface area contributed by atoms with Gasteiger partial charge < -0.3 is 19.9 Å². The molecule has 0 bridgehead atoms. The second-order valence-electron chi connectivity index (χ2n) is 6.13. The summed E-state index contributed by atoms with van der Waals surface area (Å²) in [6.07, 6.45) is 3.35. The maximum Gasteiger partial charge on any atom is 0.325 e. The minimum absolute atomic E-state index is 0.267. The molecule has 146 valence electrons. The largest absolute Gasteiger partial charge is 0.454 e. The summed E-state index contributed by atoms with van der Waals surface area (Å²) < 4.78 is 4.97. The zero-order valence-corrected chi connectivity index (χ0v) is 15.3.